The summed E-state index contributed by atoms with van der Waals surface area (Å²) in [7, 11) is 0. The zero-order valence-corrected chi connectivity index (χ0v) is 13.0. The fourth-order valence-corrected chi connectivity index (χ4v) is 3.14. The first kappa shape index (κ1) is 15.9. The Morgan fingerprint density at radius 3 is 2.28 bits per heavy atom. The molecule has 4 unspecified atom stereocenters. The summed E-state index contributed by atoms with van der Waals surface area (Å²) in [5.74, 6) is 0.346. The predicted molar refractivity (Wildman–Crippen MR) is 74.8 cm³/mol. The first-order valence-corrected chi connectivity index (χ1v) is 7.46. The number of hydrogen-bond acceptors (Lipinski definition) is 3. The number of hydroxylamine groups is 2. The van der Waals surface area contributed by atoms with Crippen LogP contribution in [0, 0.1) is 5.92 Å². The van der Waals surface area contributed by atoms with Gasteiger partial charge in [0.05, 0.1) is 6.10 Å². The molecular formula is C15H31NO2. The summed E-state index contributed by atoms with van der Waals surface area (Å²) in [5, 5.41) is 12.3. The van der Waals surface area contributed by atoms with E-state index >= 15 is 0 Å². The minimum absolute atomic E-state index is 0.171. The summed E-state index contributed by atoms with van der Waals surface area (Å²) in [6, 6.07) is 0. The summed E-state index contributed by atoms with van der Waals surface area (Å²) in [4.78, 5) is 0. The molecule has 0 radical (unpaired) electrons. The molecule has 3 heteroatoms. The third-order valence-corrected chi connectivity index (χ3v) is 5.19. The molecule has 1 rings (SSSR count). The van der Waals surface area contributed by atoms with E-state index in [1.165, 1.54) is 0 Å². The highest BCUT2D eigenvalue weighted by Crippen LogP contribution is 2.45. The summed E-state index contributed by atoms with van der Waals surface area (Å²) >= 11 is 0. The van der Waals surface area contributed by atoms with Crippen LogP contribution in [0.2, 0.25) is 0 Å². The van der Waals surface area contributed by atoms with Crippen molar-refractivity contribution >= 4 is 0 Å². The summed E-state index contributed by atoms with van der Waals surface area (Å²) < 4.78 is 6.05. The van der Waals surface area contributed by atoms with Gasteiger partial charge in [0.25, 0.3) is 0 Å². The Labute approximate surface area is 112 Å². The number of ether oxygens (including phenoxy) is 1. The molecule has 0 saturated carbocycles. The second-order valence-corrected chi connectivity index (χ2v) is 6.28. The highest BCUT2D eigenvalue weighted by atomic mass is 16.5. The quantitative estimate of drug-likeness (QED) is 0.812. The second-order valence-electron chi connectivity index (χ2n) is 6.28. The van der Waals surface area contributed by atoms with E-state index in [0.29, 0.717) is 5.92 Å². The third-order valence-electron chi connectivity index (χ3n) is 5.19. The molecule has 1 fully saturated rings. The molecule has 1 heterocycles. The van der Waals surface area contributed by atoms with Crippen molar-refractivity contribution in [3.8, 4) is 0 Å². The highest BCUT2D eigenvalue weighted by molar-refractivity contribution is 5.03. The van der Waals surface area contributed by atoms with Crippen molar-refractivity contribution in [1.82, 2.24) is 5.06 Å². The molecule has 1 aliphatic rings. The summed E-state index contributed by atoms with van der Waals surface area (Å²) in [6.45, 7) is 13.8. The zero-order valence-electron chi connectivity index (χ0n) is 13.0. The van der Waals surface area contributed by atoms with Gasteiger partial charge < -0.3 is 9.94 Å². The van der Waals surface area contributed by atoms with Gasteiger partial charge in [0, 0.05) is 23.6 Å². The van der Waals surface area contributed by atoms with Crippen LogP contribution in [0.25, 0.3) is 0 Å². The Bertz CT molecular complexity index is 271. The van der Waals surface area contributed by atoms with E-state index in [9.17, 15) is 5.21 Å². The Kier molecular flexibility index (Phi) is 5.22. The lowest BCUT2D eigenvalue weighted by Crippen LogP contribution is -2.66. The predicted octanol–water partition coefficient (Wildman–Crippen LogP) is 3.85. The Morgan fingerprint density at radius 2 is 1.83 bits per heavy atom. The van der Waals surface area contributed by atoms with Gasteiger partial charge in [0.15, 0.2) is 0 Å². The lowest BCUT2D eigenvalue weighted by atomic mass is 9.69. The van der Waals surface area contributed by atoms with Gasteiger partial charge in [-0.2, -0.15) is 5.06 Å². The van der Waals surface area contributed by atoms with Gasteiger partial charge in [-0.05, 0) is 39.5 Å². The van der Waals surface area contributed by atoms with Crippen molar-refractivity contribution in [3.05, 3.63) is 0 Å². The fourth-order valence-electron chi connectivity index (χ4n) is 3.14. The molecule has 3 nitrogen and oxygen atoms in total. The molecule has 0 bridgehead atoms. The lowest BCUT2D eigenvalue weighted by Gasteiger charge is -2.57. The zero-order chi connectivity index (χ0) is 14.0. The maximum absolute atomic E-state index is 10.6. The number of piperidine rings is 1. The van der Waals surface area contributed by atoms with E-state index in [4.69, 9.17) is 4.74 Å². The molecule has 1 aliphatic heterocycles. The Hall–Kier alpha value is -0.120. The average Bonchev–Trinajstić information content (AvgIpc) is 2.39. The van der Waals surface area contributed by atoms with E-state index < -0.39 is 0 Å². The van der Waals surface area contributed by atoms with Crippen molar-refractivity contribution in [1.29, 1.82) is 0 Å². The van der Waals surface area contributed by atoms with Crippen molar-refractivity contribution in [3.63, 3.8) is 0 Å². The van der Waals surface area contributed by atoms with Gasteiger partial charge in [-0.25, -0.2) is 0 Å². The molecule has 0 aliphatic carbocycles. The van der Waals surface area contributed by atoms with E-state index in [0.717, 1.165) is 32.3 Å². The highest BCUT2D eigenvalue weighted by Gasteiger charge is 2.52. The van der Waals surface area contributed by atoms with Gasteiger partial charge in [-0.15, -0.1) is 0 Å². The monoisotopic (exact) mass is 257 g/mol. The van der Waals surface area contributed by atoms with Crippen LogP contribution in [-0.2, 0) is 4.74 Å². The molecule has 4 atom stereocenters. The molecule has 1 saturated heterocycles. The third kappa shape index (κ3) is 2.59. The second kappa shape index (κ2) is 5.89. The minimum atomic E-state index is -0.193. The minimum Gasteiger partial charge on any atom is -0.378 e. The van der Waals surface area contributed by atoms with Gasteiger partial charge in [-0.3, -0.25) is 0 Å². The van der Waals surface area contributed by atoms with Gasteiger partial charge in [0.2, 0.25) is 0 Å². The first-order chi connectivity index (χ1) is 8.35. The normalized spacial score (nSPS) is 42.2. The van der Waals surface area contributed by atoms with Crippen molar-refractivity contribution < 1.29 is 9.94 Å². The van der Waals surface area contributed by atoms with Gasteiger partial charge in [0.1, 0.15) is 0 Å². The van der Waals surface area contributed by atoms with Crippen LogP contribution >= 0.6 is 0 Å². The summed E-state index contributed by atoms with van der Waals surface area (Å²) in [6.07, 6.45) is 4.10. The van der Waals surface area contributed by atoms with Crippen LogP contribution in [0.5, 0.6) is 0 Å². The van der Waals surface area contributed by atoms with Crippen molar-refractivity contribution in [2.24, 2.45) is 5.92 Å². The maximum Gasteiger partial charge on any atom is 0.0637 e. The smallest absolute Gasteiger partial charge is 0.0637 e. The molecule has 1 N–H and O–H groups in total. The molecule has 108 valence electrons. The Morgan fingerprint density at radius 1 is 1.22 bits per heavy atom. The molecule has 0 aromatic carbocycles. The molecular weight excluding hydrogens is 226 g/mol. The molecule has 0 spiro atoms. The van der Waals surface area contributed by atoms with Gasteiger partial charge in [-0.1, -0.05) is 27.7 Å². The SMILES string of the molecule is CCCOC1CC(C)(CC)N(O)C(C)(CC)C1C. The molecule has 0 aromatic heterocycles. The van der Waals surface area contributed by atoms with Crippen LogP contribution in [0.1, 0.15) is 67.2 Å². The van der Waals surface area contributed by atoms with Crippen LogP contribution in [-0.4, -0.2) is 34.1 Å². The van der Waals surface area contributed by atoms with Crippen molar-refractivity contribution in [2.75, 3.05) is 6.61 Å². The lowest BCUT2D eigenvalue weighted by molar-refractivity contribution is -0.291. The van der Waals surface area contributed by atoms with Crippen LogP contribution < -0.4 is 0 Å². The largest absolute Gasteiger partial charge is 0.378 e. The topological polar surface area (TPSA) is 32.7 Å². The number of rotatable bonds is 5. The summed E-state index contributed by atoms with van der Waals surface area (Å²) in [5.41, 5.74) is -0.364. The average molecular weight is 257 g/mol. The van der Waals surface area contributed by atoms with E-state index in [1.807, 2.05) is 0 Å². The van der Waals surface area contributed by atoms with E-state index in [2.05, 4.69) is 41.5 Å². The maximum atomic E-state index is 10.6. The Balaban J connectivity index is 2.97. The number of nitrogens with zero attached hydrogens (tertiary/aromatic N) is 1. The fraction of sp³-hybridized carbons (Fsp3) is 1.00. The van der Waals surface area contributed by atoms with Crippen LogP contribution in [0.4, 0.5) is 0 Å². The van der Waals surface area contributed by atoms with Crippen LogP contribution in [0.3, 0.4) is 0 Å². The number of hydrogen-bond donors (Lipinski definition) is 1. The molecule has 0 amide bonds. The van der Waals surface area contributed by atoms with Crippen LogP contribution in [0.15, 0.2) is 0 Å². The van der Waals surface area contributed by atoms with E-state index in [-0.39, 0.29) is 17.2 Å². The molecule has 18 heavy (non-hydrogen) atoms. The standard InChI is InChI=1S/C15H31NO2/c1-7-10-18-13-11-14(5,8-2)16(17)15(6,9-3)12(13)4/h12-13,17H,7-11H2,1-6H3. The molecule has 0 aromatic rings. The van der Waals surface area contributed by atoms with Crippen molar-refractivity contribution in [2.45, 2.75) is 84.4 Å². The first-order valence-electron chi connectivity index (χ1n) is 7.46. The van der Waals surface area contributed by atoms with Gasteiger partial charge >= 0.3 is 0 Å². The van der Waals surface area contributed by atoms with E-state index in [1.54, 1.807) is 5.06 Å².